The lowest BCUT2D eigenvalue weighted by molar-refractivity contribution is -0.116. The molecule has 3 rings (SSSR count). The zero-order valence-corrected chi connectivity index (χ0v) is 17.0. The average molecular weight is 404 g/mol. The molecule has 0 atom stereocenters. The first-order valence-corrected chi connectivity index (χ1v) is 10.8. The van der Waals surface area contributed by atoms with E-state index in [0.29, 0.717) is 23.6 Å². The van der Waals surface area contributed by atoms with Crippen LogP contribution in [0.4, 0.5) is 11.4 Å². The van der Waals surface area contributed by atoms with Gasteiger partial charge in [0.1, 0.15) is 0 Å². The number of carbonyl (C=O) groups is 1. The second-order valence-electron chi connectivity index (χ2n) is 6.79. The predicted octanol–water partition coefficient (Wildman–Crippen LogP) is 3.22. The molecule has 0 bridgehead atoms. The maximum absolute atomic E-state index is 12.3. The zero-order chi connectivity index (χ0) is 20.3. The van der Waals surface area contributed by atoms with Gasteiger partial charge in [0.15, 0.2) is 11.5 Å². The van der Waals surface area contributed by atoms with Crippen LogP contribution in [0.25, 0.3) is 0 Å². The normalized spacial score (nSPS) is 12.7. The van der Waals surface area contributed by atoms with Crippen molar-refractivity contribution in [3.63, 3.8) is 0 Å². The van der Waals surface area contributed by atoms with Crippen LogP contribution < -0.4 is 19.1 Å². The van der Waals surface area contributed by atoms with Gasteiger partial charge >= 0.3 is 0 Å². The molecule has 0 saturated carbocycles. The molecule has 0 aromatic heterocycles. The van der Waals surface area contributed by atoms with Crippen LogP contribution in [-0.2, 0) is 14.8 Å². The maximum Gasteiger partial charge on any atom is 0.232 e. The van der Waals surface area contributed by atoms with E-state index in [-0.39, 0.29) is 25.7 Å². The summed E-state index contributed by atoms with van der Waals surface area (Å²) in [5.74, 6) is 0.959. The van der Waals surface area contributed by atoms with Crippen LogP contribution in [0.15, 0.2) is 36.4 Å². The summed E-state index contributed by atoms with van der Waals surface area (Å²) in [5, 5.41) is 2.92. The Kier molecular flexibility index (Phi) is 5.79. The van der Waals surface area contributed by atoms with Crippen molar-refractivity contribution >= 4 is 27.3 Å². The second kappa shape index (κ2) is 8.10. The molecule has 0 fully saturated rings. The van der Waals surface area contributed by atoms with Crippen molar-refractivity contribution in [2.75, 3.05) is 29.2 Å². The molecule has 0 unspecified atom stereocenters. The first-order valence-electron chi connectivity index (χ1n) is 8.99. The number of ether oxygens (including phenoxy) is 2. The van der Waals surface area contributed by atoms with Crippen molar-refractivity contribution < 1.29 is 22.7 Å². The van der Waals surface area contributed by atoms with Crippen molar-refractivity contribution in [2.45, 2.75) is 26.7 Å². The molecule has 1 aliphatic rings. The van der Waals surface area contributed by atoms with Gasteiger partial charge in [0.25, 0.3) is 0 Å². The lowest BCUT2D eigenvalue weighted by Crippen LogP contribution is -2.31. The van der Waals surface area contributed by atoms with E-state index < -0.39 is 10.0 Å². The monoisotopic (exact) mass is 404 g/mol. The zero-order valence-electron chi connectivity index (χ0n) is 16.2. The number of fused-ring (bicyclic) bond motifs is 1. The maximum atomic E-state index is 12.3. The van der Waals surface area contributed by atoms with E-state index in [1.807, 2.05) is 32.0 Å². The highest BCUT2D eigenvalue weighted by atomic mass is 32.2. The Morgan fingerprint density at radius 1 is 1.11 bits per heavy atom. The molecule has 28 heavy (non-hydrogen) atoms. The van der Waals surface area contributed by atoms with Crippen molar-refractivity contribution in [3.05, 3.63) is 47.5 Å². The summed E-state index contributed by atoms with van der Waals surface area (Å²) in [4.78, 5) is 12.3. The van der Waals surface area contributed by atoms with Gasteiger partial charge < -0.3 is 14.8 Å². The summed E-state index contributed by atoms with van der Waals surface area (Å²) in [6.07, 6.45) is 1.75. The van der Waals surface area contributed by atoms with Gasteiger partial charge in [0, 0.05) is 24.7 Å². The number of hydrogen-bond donors (Lipinski definition) is 1. The molecule has 2 aromatic rings. The molecular weight excluding hydrogens is 380 g/mol. The number of aryl methyl sites for hydroxylation is 2. The van der Waals surface area contributed by atoms with Gasteiger partial charge in [-0.15, -0.1) is 0 Å². The van der Waals surface area contributed by atoms with E-state index in [4.69, 9.17) is 9.47 Å². The van der Waals surface area contributed by atoms with Crippen LogP contribution in [0, 0.1) is 13.8 Å². The number of hydrogen-bond acceptors (Lipinski definition) is 5. The third-order valence-electron chi connectivity index (χ3n) is 4.56. The molecule has 0 spiro atoms. The molecule has 2 aromatic carbocycles. The molecular formula is C20H24N2O5S. The minimum absolute atomic E-state index is 0.121. The van der Waals surface area contributed by atoms with Crippen LogP contribution in [0.5, 0.6) is 11.5 Å². The van der Waals surface area contributed by atoms with Crippen LogP contribution in [-0.4, -0.2) is 33.9 Å². The van der Waals surface area contributed by atoms with E-state index in [2.05, 4.69) is 5.32 Å². The minimum atomic E-state index is -3.50. The lowest BCUT2D eigenvalue weighted by Gasteiger charge is -2.22. The number of nitrogens with one attached hydrogen (secondary N) is 1. The second-order valence-corrected chi connectivity index (χ2v) is 8.70. The van der Waals surface area contributed by atoms with Gasteiger partial charge in [-0.25, -0.2) is 8.42 Å². The average Bonchev–Trinajstić information content (AvgIpc) is 3.08. The molecule has 1 N–H and O–H groups in total. The first-order chi connectivity index (χ1) is 13.3. The highest BCUT2D eigenvalue weighted by Gasteiger charge is 2.21. The molecule has 7 nitrogen and oxygen atoms in total. The molecule has 0 saturated heterocycles. The fourth-order valence-corrected chi connectivity index (χ4v) is 4.08. The lowest BCUT2D eigenvalue weighted by atomic mass is 10.1. The predicted molar refractivity (Wildman–Crippen MR) is 109 cm³/mol. The summed E-state index contributed by atoms with van der Waals surface area (Å²) in [7, 11) is -3.50. The Morgan fingerprint density at radius 3 is 2.46 bits per heavy atom. The van der Waals surface area contributed by atoms with E-state index in [1.165, 1.54) is 4.31 Å². The fourth-order valence-electron chi connectivity index (χ4n) is 3.12. The van der Waals surface area contributed by atoms with Gasteiger partial charge in [0.2, 0.25) is 22.7 Å². The number of carbonyl (C=O) groups excluding carboxylic acids is 1. The first kappa shape index (κ1) is 20.0. The van der Waals surface area contributed by atoms with Crippen molar-refractivity contribution in [2.24, 2.45) is 0 Å². The molecule has 8 heteroatoms. The number of para-hydroxylation sites is 1. The van der Waals surface area contributed by atoms with Gasteiger partial charge in [-0.3, -0.25) is 9.10 Å². The summed E-state index contributed by atoms with van der Waals surface area (Å²) < 4.78 is 36.4. The topological polar surface area (TPSA) is 84.9 Å². The Bertz CT molecular complexity index is 968. The van der Waals surface area contributed by atoms with Crippen LogP contribution in [0.1, 0.15) is 24.0 Å². The number of amides is 1. The smallest absolute Gasteiger partial charge is 0.232 e. The van der Waals surface area contributed by atoms with Gasteiger partial charge in [-0.05, 0) is 43.5 Å². The third kappa shape index (κ3) is 4.56. The van der Waals surface area contributed by atoms with Gasteiger partial charge in [0.05, 0.1) is 11.9 Å². The summed E-state index contributed by atoms with van der Waals surface area (Å²) in [6.45, 7) is 4.19. The molecule has 0 radical (unpaired) electrons. The van der Waals surface area contributed by atoms with E-state index >= 15 is 0 Å². The summed E-state index contributed by atoms with van der Waals surface area (Å²) in [6, 6.07) is 10.8. The minimum Gasteiger partial charge on any atom is -0.454 e. The Morgan fingerprint density at radius 2 is 1.79 bits per heavy atom. The number of sulfonamides is 1. The highest BCUT2D eigenvalue weighted by molar-refractivity contribution is 7.92. The summed E-state index contributed by atoms with van der Waals surface area (Å²) in [5.41, 5.74) is 3.28. The van der Waals surface area contributed by atoms with Gasteiger partial charge in [-0.2, -0.15) is 0 Å². The SMILES string of the molecule is Cc1cccc(C)c1NC(=O)CCCN(c1ccc2c(c1)OCO2)S(C)(=O)=O. The number of rotatable bonds is 7. The number of nitrogens with zero attached hydrogens (tertiary/aromatic N) is 1. The van der Waals surface area contributed by atoms with Crippen LogP contribution in [0.2, 0.25) is 0 Å². The fraction of sp³-hybridized carbons (Fsp3) is 0.350. The van der Waals surface area contributed by atoms with Crippen LogP contribution >= 0.6 is 0 Å². The molecule has 150 valence electrons. The molecule has 0 aliphatic carbocycles. The Balaban J connectivity index is 1.64. The highest BCUT2D eigenvalue weighted by Crippen LogP contribution is 2.36. The van der Waals surface area contributed by atoms with Crippen molar-refractivity contribution in [1.29, 1.82) is 0 Å². The van der Waals surface area contributed by atoms with E-state index in [1.54, 1.807) is 18.2 Å². The van der Waals surface area contributed by atoms with E-state index in [9.17, 15) is 13.2 Å². The summed E-state index contributed by atoms with van der Waals surface area (Å²) >= 11 is 0. The Hall–Kier alpha value is -2.74. The standard InChI is InChI=1S/C20H24N2O5S/c1-14-6-4-7-15(2)20(14)21-19(23)8-5-11-22(28(3,24)25)16-9-10-17-18(12-16)27-13-26-17/h4,6-7,9-10,12H,5,8,11,13H2,1-3H3,(H,21,23). The van der Waals surface area contributed by atoms with Gasteiger partial charge in [-0.1, -0.05) is 18.2 Å². The quantitative estimate of drug-likeness (QED) is 0.766. The number of anilines is 2. The van der Waals surface area contributed by atoms with E-state index in [0.717, 1.165) is 23.1 Å². The van der Waals surface area contributed by atoms with Crippen LogP contribution in [0.3, 0.4) is 0 Å². The van der Waals surface area contributed by atoms with Crippen molar-refractivity contribution in [3.8, 4) is 11.5 Å². The number of benzene rings is 2. The molecule has 1 heterocycles. The largest absolute Gasteiger partial charge is 0.454 e. The molecule has 1 aliphatic heterocycles. The third-order valence-corrected chi connectivity index (χ3v) is 5.75. The molecule has 1 amide bonds. The Labute approximate surface area is 165 Å². The van der Waals surface area contributed by atoms with Crippen molar-refractivity contribution in [1.82, 2.24) is 0 Å².